The lowest BCUT2D eigenvalue weighted by atomic mass is 9.54. The van der Waals surface area contributed by atoms with Gasteiger partial charge in [0.05, 0.1) is 23.7 Å². The van der Waals surface area contributed by atoms with Crippen molar-refractivity contribution in [3.05, 3.63) is 12.2 Å². The number of hydrogen-bond donors (Lipinski definition) is 0. The first kappa shape index (κ1) is 17.4. The molecule has 0 aromatic carbocycles. The van der Waals surface area contributed by atoms with Gasteiger partial charge in [-0.3, -0.25) is 29.0 Å². The standard InChI is InChI=1S/C20H26N2O4/c1-19(2,3)21-15(23)11-9-7-8-10(12(11)16(21)24)14-13(9)17(25)22(18(14)26)20(4,5)6/h7-14H,1-6H3/t9?,10?,11-,12+,13+,14-. The predicted octanol–water partition coefficient (Wildman–Crippen LogP) is 1.60. The molecular formula is C20H26N2O4. The van der Waals surface area contributed by atoms with Gasteiger partial charge in [0.15, 0.2) is 0 Å². The lowest BCUT2D eigenvalue weighted by Gasteiger charge is -2.44. The Balaban J connectivity index is 1.80. The zero-order chi connectivity index (χ0) is 19.3. The van der Waals surface area contributed by atoms with Crippen molar-refractivity contribution in [1.82, 2.24) is 9.80 Å². The molecule has 0 aromatic heterocycles. The third-order valence-electron chi connectivity index (χ3n) is 6.35. The van der Waals surface area contributed by atoms with E-state index in [0.29, 0.717) is 0 Å². The molecule has 0 radical (unpaired) electrons. The SMILES string of the molecule is CC(C)(C)N1C(=O)[C@@H]2C3C=CC([C@H]4C(=O)N(C(C)(C)C)C(=O)[C@@H]34)[C@@H]2C1=O. The highest BCUT2D eigenvalue weighted by atomic mass is 16.2. The average molecular weight is 358 g/mol. The minimum absolute atomic E-state index is 0.195. The van der Waals surface area contributed by atoms with E-state index in [4.69, 9.17) is 0 Å². The van der Waals surface area contributed by atoms with E-state index < -0.39 is 34.7 Å². The van der Waals surface area contributed by atoms with E-state index in [1.54, 1.807) is 0 Å². The monoisotopic (exact) mass is 358 g/mol. The summed E-state index contributed by atoms with van der Waals surface area (Å²) in [6, 6.07) is 0. The Morgan fingerprint density at radius 3 is 1.00 bits per heavy atom. The molecule has 3 aliphatic carbocycles. The number of amides is 4. The number of likely N-dealkylation sites (tertiary alicyclic amines) is 2. The minimum atomic E-state index is -0.606. The summed E-state index contributed by atoms with van der Waals surface area (Å²) < 4.78 is 0. The molecule has 2 unspecified atom stereocenters. The molecule has 140 valence electrons. The Labute approximate surface area is 153 Å². The van der Waals surface area contributed by atoms with E-state index in [1.165, 1.54) is 9.80 Å². The molecule has 2 bridgehead atoms. The molecule has 3 fully saturated rings. The molecule has 0 aromatic rings. The van der Waals surface area contributed by atoms with Crippen LogP contribution in [0.1, 0.15) is 41.5 Å². The molecule has 2 heterocycles. The van der Waals surface area contributed by atoms with Gasteiger partial charge in [-0.2, -0.15) is 0 Å². The highest BCUT2D eigenvalue weighted by molar-refractivity contribution is 6.11. The number of allylic oxidation sites excluding steroid dienone is 2. The Bertz CT molecular complexity index is 662. The third-order valence-corrected chi connectivity index (χ3v) is 6.35. The van der Waals surface area contributed by atoms with Crippen molar-refractivity contribution in [1.29, 1.82) is 0 Å². The molecule has 4 amide bonds. The average Bonchev–Trinajstić information content (AvgIpc) is 2.93. The van der Waals surface area contributed by atoms with Crippen LogP contribution in [-0.4, -0.2) is 44.5 Å². The van der Waals surface area contributed by atoms with E-state index in [1.807, 2.05) is 53.7 Å². The molecule has 1 saturated carbocycles. The van der Waals surface area contributed by atoms with Gasteiger partial charge in [0.1, 0.15) is 0 Å². The normalized spacial score (nSPS) is 39.2. The van der Waals surface area contributed by atoms with Crippen LogP contribution in [0.15, 0.2) is 12.2 Å². The number of hydrogen-bond acceptors (Lipinski definition) is 4. The van der Waals surface area contributed by atoms with Gasteiger partial charge >= 0.3 is 0 Å². The van der Waals surface area contributed by atoms with Crippen LogP contribution >= 0.6 is 0 Å². The van der Waals surface area contributed by atoms with Gasteiger partial charge in [0.25, 0.3) is 0 Å². The largest absolute Gasteiger partial charge is 0.277 e. The van der Waals surface area contributed by atoms with E-state index >= 15 is 0 Å². The van der Waals surface area contributed by atoms with E-state index in [2.05, 4.69) is 0 Å². The van der Waals surface area contributed by atoms with Crippen molar-refractivity contribution in [2.24, 2.45) is 35.5 Å². The Morgan fingerprint density at radius 2 is 0.808 bits per heavy atom. The first-order valence-corrected chi connectivity index (χ1v) is 9.31. The zero-order valence-corrected chi connectivity index (χ0v) is 16.1. The summed E-state index contributed by atoms with van der Waals surface area (Å²) in [5.41, 5.74) is -1.21. The molecule has 6 heteroatoms. The summed E-state index contributed by atoms with van der Waals surface area (Å²) >= 11 is 0. The molecule has 2 aliphatic heterocycles. The molecule has 6 nitrogen and oxygen atoms in total. The molecule has 26 heavy (non-hydrogen) atoms. The summed E-state index contributed by atoms with van der Waals surface area (Å²) in [7, 11) is 0. The summed E-state index contributed by atoms with van der Waals surface area (Å²) in [5, 5.41) is 0. The molecule has 5 rings (SSSR count). The van der Waals surface area contributed by atoms with Crippen LogP contribution in [0.25, 0.3) is 0 Å². The lowest BCUT2D eigenvalue weighted by Crippen LogP contribution is -2.50. The van der Waals surface area contributed by atoms with Gasteiger partial charge in [0.2, 0.25) is 23.6 Å². The van der Waals surface area contributed by atoms with Crippen molar-refractivity contribution in [2.45, 2.75) is 52.6 Å². The quantitative estimate of drug-likeness (QED) is 0.487. The molecule has 0 N–H and O–H groups in total. The number of carbonyl (C=O) groups is 4. The second-order valence-electron chi connectivity index (χ2n) is 10.0. The van der Waals surface area contributed by atoms with Gasteiger partial charge < -0.3 is 0 Å². The van der Waals surface area contributed by atoms with Gasteiger partial charge in [-0.05, 0) is 41.5 Å². The fraction of sp³-hybridized carbons (Fsp3) is 0.700. The smallest absolute Gasteiger partial charge is 0.234 e. The van der Waals surface area contributed by atoms with Gasteiger partial charge in [0, 0.05) is 22.9 Å². The summed E-state index contributed by atoms with van der Waals surface area (Å²) in [6.45, 7) is 11.0. The maximum absolute atomic E-state index is 13.1. The van der Waals surface area contributed by atoms with E-state index in [-0.39, 0.29) is 35.5 Å². The minimum Gasteiger partial charge on any atom is -0.277 e. The maximum Gasteiger partial charge on any atom is 0.234 e. The van der Waals surface area contributed by atoms with Crippen LogP contribution in [0.5, 0.6) is 0 Å². The van der Waals surface area contributed by atoms with Crippen LogP contribution in [0.3, 0.4) is 0 Å². The number of rotatable bonds is 0. The van der Waals surface area contributed by atoms with Gasteiger partial charge in [-0.25, -0.2) is 0 Å². The first-order chi connectivity index (χ1) is 11.9. The fourth-order valence-electron chi connectivity index (χ4n) is 5.55. The number of nitrogens with zero attached hydrogens (tertiary/aromatic N) is 2. The molecular weight excluding hydrogens is 332 g/mol. The van der Waals surface area contributed by atoms with Crippen LogP contribution in [-0.2, 0) is 19.2 Å². The highest BCUT2D eigenvalue weighted by Gasteiger charge is 2.69. The second-order valence-corrected chi connectivity index (χ2v) is 10.0. The zero-order valence-electron chi connectivity index (χ0n) is 16.1. The molecule has 6 atom stereocenters. The first-order valence-electron chi connectivity index (χ1n) is 9.31. The predicted molar refractivity (Wildman–Crippen MR) is 93.3 cm³/mol. The van der Waals surface area contributed by atoms with E-state index in [9.17, 15) is 19.2 Å². The van der Waals surface area contributed by atoms with Crippen LogP contribution in [0.2, 0.25) is 0 Å². The van der Waals surface area contributed by atoms with Crippen molar-refractivity contribution in [2.75, 3.05) is 0 Å². The van der Waals surface area contributed by atoms with Gasteiger partial charge in [-0.15, -0.1) is 0 Å². The van der Waals surface area contributed by atoms with Crippen LogP contribution in [0.4, 0.5) is 0 Å². The Hall–Kier alpha value is -1.98. The summed E-state index contributed by atoms with van der Waals surface area (Å²) in [5.74, 6) is -3.60. The second kappa shape index (κ2) is 4.84. The topological polar surface area (TPSA) is 74.8 Å². The maximum atomic E-state index is 13.1. The molecule has 0 spiro atoms. The van der Waals surface area contributed by atoms with Crippen molar-refractivity contribution in [3.8, 4) is 0 Å². The molecule has 2 saturated heterocycles. The van der Waals surface area contributed by atoms with Crippen molar-refractivity contribution < 1.29 is 19.2 Å². The molecule has 5 aliphatic rings. The van der Waals surface area contributed by atoms with Gasteiger partial charge in [-0.1, -0.05) is 12.2 Å². The summed E-state index contributed by atoms with van der Waals surface area (Å²) in [4.78, 5) is 55.1. The summed E-state index contributed by atoms with van der Waals surface area (Å²) in [6.07, 6.45) is 3.81. The Morgan fingerprint density at radius 1 is 0.577 bits per heavy atom. The number of carbonyl (C=O) groups excluding carboxylic acids is 4. The fourth-order valence-corrected chi connectivity index (χ4v) is 5.55. The highest BCUT2D eigenvalue weighted by Crippen LogP contribution is 2.59. The van der Waals surface area contributed by atoms with Crippen molar-refractivity contribution >= 4 is 23.6 Å². The van der Waals surface area contributed by atoms with Crippen LogP contribution in [0, 0.1) is 35.5 Å². The lowest BCUT2D eigenvalue weighted by molar-refractivity contribution is -0.145. The van der Waals surface area contributed by atoms with E-state index in [0.717, 1.165) is 0 Å². The van der Waals surface area contributed by atoms with Crippen molar-refractivity contribution in [3.63, 3.8) is 0 Å². The number of imide groups is 2. The van der Waals surface area contributed by atoms with Crippen LogP contribution < -0.4 is 0 Å². The third kappa shape index (κ3) is 1.93. The Kier molecular flexibility index (Phi) is 3.25.